The summed E-state index contributed by atoms with van der Waals surface area (Å²) in [6.07, 6.45) is -0.563. The lowest BCUT2D eigenvalue weighted by molar-refractivity contribution is -0.210. The standard InChI is InChI=1S/C21H35NO4Si/c1-20(2,3)27(6,7)23-14-16-17(22-13-15-11-9-8-10-12-15)18-19(24-16)26-21(4,5)25-18/h8-12,16-19,22H,13-14H2,1-7H3/t16-,17-,18-,19-/m1/s1. The molecule has 0 radical (unpaired) electrons. The smallest absolute Gasteiger partial charge is 0.192 e. The quantitative estimate of drug-likeness (QED) is 0.739. The van der Waals surface area contributed by atoms with Gasteiger partial charge in [0.1, 0.15) is 12.2 Å². The Hall–Kier alpha value is -0.763. The van der Waals surface area contributed by atoms with Gasteiger partial charge in [-0.2, -0.15) is 0 Å². The molecule has 1 N–H and O–H groups in total. The largest absolute Gasteiger partial charge is 0.414 e. The van der Waals surface area contributed by atoms with E-state index >= 15 is 0 Å². The molecule has 1 aromatic rings. The molecule has 2 heterocycles. The van der Waals surface area contributed by atoms with E-state index in [2.05, 4.69) is 63.4 Å². The molecule has 2 fully saturated rings. The van der Waals surface area contributed by atoms with E-state index in [1.807, 2.05) is 19.9 Å². The predicted octanol–water partition coefficient (Wildman–Crippen LogP) is 4.04. The number of nitrogens with one attached hydrogen (secondary N) is 1. The summed E-state index contributed by atoms with van der Waals surface area (Å²) in [5.41, 5.74) is 1.24. The van der Waals surface area contributed by atoms with E-state index in [0.717, 1.165) is 6.54 Å². The Labute approximate surface area is 164 Å². The van der Waals surface area contributed by atoms with E-state index in [1.165, 1.54) is 5.56 Å². The van der Waals surface area contributed by atoms with Crippen LogP contribution in [0.15, 0.2) is 30.3 Å². The second kappa shape index (κ2) is 7.58. The Morgan fingerprint density at radius 1 is 1.11 bits per heavy atom. The monoisotopic (exact) mass is 393 g/mol. The Morgan fingerprint density at radius 3 is 2.41 bits per heavy atom. The average Bonchev–Trinajstić information content (AvgIpc) is 3.02. The third kappa shape index (κ3) is 4.81. The van der Waals surface area contributed by atoms with Crippen LogP contribution in [0.4, 0.5) is 0 Å². The Bertz CT molecular complexity index is 629. The second-order valence-corrected chi connectivity index (χ2v) is 14.4. The highest BCUT2D eigenvalue weighted by molar-refractivity contribution is 6.74. The molecule has 0 saturated carbocycles. The van der Waals surface area contributed by atoms with Gasteiger partial charge in [-0.1, -0.05) is 51.1 Å². The second-order valence-electron chi connectivity index (χ2n) is 9.61. The van der Waals surface area contributed by atoms with Crippen molar-refractivity contribution < 1.29 is 18.6 Å². The summed E-state index contributed by atoms with van der Waals surface area (Å²) in [7, 11) is -1.84. The van der Waals surface area contributed by atoms with E-state index in [4.69, 9.17) is 18.6 Å². The molecule has 0 unspecified atom stereocenters. The van der Waals surface area contributed by atoms with Gasteiger partial charge in [-0.05, 0) is 37.5 Å². The Balaban J connectivity index is 1.68. The van der Waals surface area contributed by atoms with Gasteiger partial charge in [0.2, 0.25) is 0 Å². The molecule has 5 nitrogen and oxygen atoms in total. The van der Waals surface area contributed by atoms with E-state index < -0.39 is 14.1 Å². The molecule has 27 heavy (non-hydrogen) atoms. The molecule has 152 valence electrons. The maximum atomic E-state index is 6.44. The van der Waals surface area contributed by atoms with Crippen LogP contribution in [-0.4, -0.2) is 45.3 Å². The summed E-state index contributed by atoms with van der Waals surface area (Å²) in [5, 5.41) is 3.81. The van der Waals surface area contributed by atoms with Gasteiger partial charge in [-0.15, -0.1) is 0 Å². The summed E-state index contributed by atoms with van der Waals surface area (Å²) in [5.74, 6) is -0.618. The number of benzene rings is 1. The molecular formula is C21H35NO4Si. The van der Waals surface area contributed by atoms with Crippen LogP contribution in [0.2, 0.25) is 18.1 Å². The fourth-order valence-corrected chi connectivity index (χ4v) is 4.32. The molecule has 3 rings (SSSR count). The molecule has 2 saturated heterocycles. The zero-order chi connectivity index (χ0) is 19.9. The SMILES string of the molecule is CC1(C)O[C@H]2O[C@H](CO[Si](C)(C)C(C)(C)C)[C@@H](NCc3ccccc3)[C@H]2O1. The van der Waals surface area contributed by atoms with Gasteiger partial charge in [0.05, 0.1) is 12.6 Å². The maximum absolute atomic E-state index is 6.44. The highest BCUT2D eigenvalue weighted by Crippen LogP contribution is 2.40. The number of hydrogen-bond donors (Lipinski definition) is 1. The van der Waals surface area contributed by atoms with E-state index in [0.29, 0.717) is 6.61 Å². The molecule has 1 aromatic carbocycles. The molecule has 2 aliphatic rings. The normalized spacial score (nSPS) is 30.5. The molecule has 6 heteroatoms. The molecule has 0 spiro atoms. The number of rotatable bonds is 6. The topological polar surface area (TPSA) is 49.0 Å². The van der Waals surface area contributed by atoms with Crippen LogP contribution in [0.5, 0.6) is 0 Å². The first kappa shape index (κ1) is 21.0. The van der Waals surface area contributed by atoms with Gasteiger partial charge in [-0.25, -0.2) is 0 Å². The third-order valence-corrected chi connectivity index (χ3v) is 10.5. The predicted molar refractivity (Wildman–Crippen MR) is 109 cm³/mol. The van der Waals surface area contributed by atoms with E-state index in [-0.39, 0.29) is 29.6 Å². The van der Waals surface area contributed by atoms with Gasteiger partial charge in [0.25, 0.3) is 0 Å². The highest BCUT2D eigenvalue weighted by atomic mass is 28.4. The molecule has 4 atom stereocenters. The van der Waals surface area contributed by atoms with Crippen LogP contribution in [0, 0.1) is 0 Å². The molecule has 2 aliphatic heterocycles. The van der Waals surface area contributed by atoms with Crippen molar-refractivity contribution in [2.75, 3.05) is 6.61 Å². The first-order chi connectivity index (χ1) is 12.5. The fraction of sp³-hybridized carbons (Fsp3) is 0.714. The third-order valence-electron chi connectivity index (χ3n) is 5.95. The van der Waals surface area contributed by atoms with Crippen molar-refractivity contribution in [2.24, 2.45) is 0 Å². The van der Waals surface area contributed by atoms with E-state index in [1.54, 1.807) is 0 Å². The Kier molecular flexibility index (Phi) is 5.88. The van der Waals surface area contributed by atoms with Crippen molar-refractivity contribution in [3.8, 4) is 0 Å². The van der Waals surface area contributed by atoms with Crippen LogP contribution in [0.3, 0.4) is 0 Å². The molecular weight excluding hydrogens is 358 g/mol. The van der Waals surface area contributed by atoms with Crippen LogP contribution in [0.1, 0.15) is 40.2 Å². The van der Waals surface area contributed by atoms with Crippen molar-refractivity contribution in [3.05, 3.63) is 35.9 Å². The van der Waals surface area contributed by atoms with Gasteiger partial charge < -0.3 is 24.0 Å². The van der Waals surface area contributed by atoms with Crippen LogP contribution < -0.4 is 5.32 Å². The zero-order valence-electron chi connectivity index (χ0n) is 17.7. The van der Waals surface area contributed by atoms with Crippen molar-refractivity contribution in [2.45, 2.75) is 89.6 Å². The van der Waals surface area contributed by atoms with Gasteiger partial charge in [0, 0.05) is 6.54 Å². The van der Waals surface area contributed by atoms with Crippen molar-refractivity contribution in [1.82, 2.24) is 5.32 Å². The van der Waals surface area contributed by atoms with Gasteiger partial charge >= 0.3 is 0 Å². The lowest BCUT2D eigenvalue weighted by atomic mass is 10.1. The molecule has 0 amide bonds. The van der Waals surface area contributed by atoms with Gasteiger partial charge in [-0.3, -0.25) is 0 Å². The lowest BCUT2D eigenvalue weighted by Crippen LogP contribution is -2.49. The first-order valence-electron chi connectivity index (χ1n) is 9.91. The average molecular weight is 394 g/mol. The van der Waals surface area contributed by atoms with Crippen LogP contribution in [0.25, 0.3) is 0 Å². The fourth-order valence-electron chi connectivity index (χ4n) is 3.30. The molecule has 0 aliphatic carbocycles. The Morgan fingerprint density at radius 2 is 1.78 bits per heavy atom. The zero-order valence-corrected chi connectivity index (χ0v) is 18.7. The van der Waals surface area contributed by atoms with Crippen LogP contribution in [-0.2, 0) is 25.2 Å². The first-order valence-corrected chi connectivity index (χ1v) is 12.8. The molecule has 0 bridgehead atoms. The number of hydrogen-bond acceptors (Lipinski definition) is 5. The van der Waals surface area contributed by atoms with Crippen molar-refractivity contribution in [3.63, 3.8) is 0 Å². The minimum atomic E-state index is -1.84. The lowest BCUT2D eigenvalue weighted by Gasteiger charge is -2.37. The van der Waals surface area contributed by atoms with Crippen molar-refractivity contribution >= 4 is 8.32 Å². The maximum Gasteiger partial charge on any atom is 0.192 e. The highest BCUT2D eigenvalue weighted by Gasteiger charge is 2.55. The number of fused-ring (bicyclic) bond motifs is 1. The summed E-state index contributed by atoms with van der Waals surface area (Å²) in [4.78, 5) is 0. The molecule has 0 aromatic heterocycles. The van der Waals surface area contributed by atoms with E-state index in [9.17, 15) is 0 Å². The summed E-state index contributed by atoms with van der Waals surface area (Å²) in [6, 6.07) is 10.4. The van der Waals surface area contributed by atoms with Gasteiger partial charge in [0.15, 0.2) is 20.4 Å². The van der Waals surface area contributed by atoms with Crippen LogP contribution >= 0.6 is 0 Å². The summed E-state index contributed by atoms with van der Waals surface area (Å²) in [6.45, 7) is 16.5. The summed E-state index contributed by atoms with van der Waals surface area (Å²) >= 11 is 0. The van der Waals surface area contributed by atoms with Crippen molar-refractivity contribution in [1.29, 1.82) is 0 Å². The minimum absolute atomic E-state index is 0.0294. The number of ether oxygens (including phenoxy) is 3. The minimum Gasteiger partial charge on any atom is -0.414 e. The summed E-state index contributed by atoms with van der Waals surface area (Å²) < 4.78 is 24.8.